The topological polar surface area (TPSA) is 55.0 Å². The zero-order chi connectivity index (χ0) is 17.9. The maximum absolute atomic E-state index is 12.5. The van der Waals surface area contributed by atoms with Crippen molar-refractivity contribution in [1.29, 1.82) is 0 Å². The Kier molecular flexibility index (Phi) is 6.04. The molecule has 3 aromatic carbocycles. The number of carbonyl (C=O) groups is 1. The predicted octanol–water partition coefficient (Wildman–Crippen LogP) is 5.51. The van der Waals surface area contributed by atoms with Crippen LogP contribution < -0.4 is 4.74 Å². The lowest BCUT2D eigenvalue weighted by atomic mass is 10.1. The molecule has 0 aliphatic carbocycles. The Morgan fingerprint density at radius 2 is 1.89 bits per heavy atom. The van der Waals surface area contributed by atoms with E-state index in [0.717, 1.165) is 38.3 Å². The molecule has 1 N–H and O–H groups in total. The fourth-order valence-electron chi connectivity index (χ4n) is 2.87. The molecule has 0 spiro atoms. The number of benzene rings is 3. The summed E-state index contributed by atoms with van der Waals surface area (Å²) in [6.07, 6.45) is 0. The molecular weight excluding hydrogens is 380 g/mol. The van der Waals surface area contributed by atoms with Crippen LogP contribution in [0.2, 0.25) is 0 Å². The molecule has 0 unspecified atom stereocenters. The molecular formula is C21H19ClN2O2S. The van der Waals surface area contributed by atoms with Crippen LogP contribution in [-0.2, 0) is 0 Å². The van der Waals surface area contributed by atoms with E-state index in [0.29, 0.717) is 12.4 Å². The van der Waals surface area contributed by atoms with E-state index in [1.807, 2.05) is 67.6 Å². The number of hydrogen-bond donors (Lipinski definition) is 1. The Morgan fingerprint density at radius 3 is 2.70 bits per heavy atom. The van der Waals surface area contributed by atoms with Crippen molar-refractivity contribution in [3.63, 3.8) is 0 Å². The normalized spacial score (nSPS) is 10.7. The van der Waals surface area contributed by atoms with Gasteiger partial charge in [0.1, 0.15) is 5.75 Å². The van der Waals surface area contributed by atoms with E-state index in [1.165, 1.54) is 11.8 Å². The van der Waals surface area contributed by atoms with E-state index >= 15 is 0 Å². The number of aromatic nitrogens is 2. The van der Waals surface area contributed by atoms with Gasteiger partial charge in [0, 0.05) is 11.6 Å². The summed E-state index contributed by atoms with van der Waals surface area (Å²) in [7, 11) is 0. The highest BCUT2D eigenvalue weighted by atomic mass is 35.5. The second kappa shape index (κ2) is 8.46. The van der Waals surface area contributed by atoms with E-state index in [2.05, 4.69) is 9.97 Å². The minimum Gasteiger partial charge on any atom is -0.494 e. The van der Waals surface area contributed by atoms with E-state index in [9.17, 15) is 4.79 Å². The highest BCUT2D eigenvalue weighted by Gasteiger charge is 2.10. The Hall–Kier alpha value is -2.50. The number of aromatic amines is 1. The zero-order valence-electron chi connectivity index (χ0n) is 14.8. The summed E-state index contributed by atoms with van der Waals surface area (Å²) in [5.41, 5.74) is 2.51. The molecule has 0 aliphatic heterocycles. The molecule has 0 radical (unpaired) electrons. The van der Waals surface area contributed by atoms with Crippen molar-refractivity contribution < 1.29 is 9.53 Å². The van der Waals surface area contributed by atoms with Crippen LogP contribution in [0.3, 0.4) is 0 Å². The molecule has 0 saturated carbocycles. The number of thioether (sulfide) groups is 1. The Morgan fingerprint density at radius 1 is 1.07 bits per heavy atom. The first-order valence-electron chi connectivity index (χ1n) is 8.50. The fraction of sp³-hybridized carbons (Fsp3) is 0.143. The Labute approximate surface area is 167 Å². The maximum atomic E-state index is 12.5. The lowest BCUT2D eigenvalue weighted by Gasteiger charge is -2.02. The van der Waals surface area contributed by atoms with Gasteiger partial charge in [0.25, 0.3) is 0 Å². The number of nitrogens with one attached hydrogen (secondary N) is 1. The zero-order valence-corrected chi connectivity index (χ0v) is 16.4. The molecule has 0 fully saturated rings. The van der Waals surface area contributed by atoms with Crippen molar-refractivity contribution in [1.82, 2.24) is 9.97 Å². The fourth-order valence-corrected chi connectivity index (χ4v) is 3.65. The summed E-state index contributed by atoms with van der Waals surface area (Å²) < 4.78 is 5.51. The van der Waals surface area contributed by atoms with Gasteiger partial charge in [0.05, 0.1) is 23.4 Å². The number of hydrogen-bond acceptors (Lipinski definition) is 4. The first kappa shape index (κ1) is 19.3. The number of fused-ring (bicyclic) bond motifs is 2. The lowest BCUT2D eigenvalue weighted by molar-refractivity contribution is 0.102. The number of imidazole rings is 1. The largest absolute Gasteiger partial charge is 0.494 e. The van der Waals surface area contributed by atoms with Crippen LogP contribution in [0.1, 0.15) is 17.3 Å². The summed E-state index contributed by atoms with van der Waals surface area (Å²) >= 11 is 1.42. The van der Waals surface area contributed by atoms with Gasteiger partial charge in [0.2, 0.25) is 0 Å². The van der Waals surface area contributed by atoms with Crippen LogP contribution in [0.25, 0.3) is 21.8 Å². The lowest BCUT2D eigenvalue weighted by Crippen LogP contribution is -2.02. The number of ketones is 1. The van der Waals surface area contributed by atoms with Crippen LogP contribution in [0.4, 0.5) is 0 Å². The molecule has 0 saturated heterocycles. The first-order chi connectivity index (χ1) is 12.7. The second-order valence-corrected chi connectivity index (χ2v) is 6.89. The van der Waals surface area contributed by atoms with Crippen molar-refractivity contribution >= 4 is 51.8 Å². The second-order valence-electron chi connectivity index (χ2n) is 5.93. The van der Waals surface area contributed by atoms with Crippen LogP contribution in [0, 0.1) is 0 Å². The first-order valence-corrected chi connectivity index (χ1v) is 9.49. The standard InChI is InChI=1S/C21H18N2O2S.ClH/c1-2-25-17-9-10-18-19(12-17)23-21(22-18)26-13-20(24)16-8-7-14-5-3-4-6-15(14)11-16;/h3-12H,2,13H2,1H3,(H,22,23);1H. The third kappa shape index (κ3) is 4.26. The van der Waals surface area contributed by atoms with Crippen molar-refractivity contribution in [3.8, 4) is 5.75 Å². The molecule has 0 amide bonds. The number of halogens is 1. The average Bonchev–Trinajstić information content (AvgIpc) is 3.08. The molecule has 4 nitrogen and oxygen atoms in total. The maximum Gasteiger partial charge on any atom is 0.173 e. The van der Waals surface area contributed by atoms with Crippen LogP contribution in [0.15, 0.2) is 65.8 Å². The van der Waals surface area contributed by atoms with Crippen molar-refractivity contribution in [2.24, 2.45) is 0 Å². The molecule has 4 rings (SSSR count). The van der Waals surface area contributed by atoms with Crippen LogP contribution in [-0.4, -0.2) is 28.1 Å². The SMILES string of the molecule is CCOc1ccc2nc(SCC(=O)c3ccc4ccccc4c3)[nH]c2c1.Cl. The quantitative estimate of drug-likeness (QED) is 0.343. The van der Waals surface area contributed by atoms with Gasteiger partial charge in [-0.3, -0.25) is 4.79 Å². The van der Waals surface area contributed by atoms with E-state index in [-0.39, 0.29) is 18.2 Å². The number of Topliss-reactive ketones (excluding diaryl/α,β-unsaturated/α-hetero) is 1. The molecule has 1 aromatic heterocycles. The molecule has 4 aromatic rings. The van der Waals surface area contributed by atoms with Crippen LogP contribution in [0.5, 0.6) is 5.75 Å². The van der Waals surface area contributed by atoms with Gasteiger partial charge < -0.3 is 9.72 Å². The van der Waals surface area contributed by atoms with Gasteiger partial charge in [-0.1, -0.05) is 48.2 Å². The molecule has 0 bridgehead atoms. The predicted molar refractivity (Wildman–Crippen MR) is 114 cm³/mol. The van der Waals surface area contributed by atoms with E-state index in [4.69, 9.17) is 4.74 Å². The summed E-state index contributed by atoms with van der Waals surface area (Å²) in [6, 6.07) is 19.6. The number of carbonyl (C=O) groups excluding carboxylic acids is 1. The summed E-state index contributed by atoms with van der Waals surface area (Å²) in [6.45, 7) is 2.58. The van der Waals surface area contributed by atoms with E-state index in [1.54, 1.807) is 0 Å². The minimum absolute atomic E-state index is 0. The molecule has 1 heterocycles. The van der Waals surface area contributed by atoms with Crippen molar-refractivity contribution in [2.45, 2.75) is 12.1 Å². The Balaban J connectivity index is 0.00000210. The average molecular weight is 399 g/mol. The molecule has 138 valence electrons. The van der Waals surface area contributed by atoms with Gasteiger partial charge in [-0.05, 0) is 35.9 Å². The molecule has 0 atom stereocenters. The van der Waals surface area contributed by atoms with Gasteiger partial charge in [-0.25, -0.2) is 4.98 Å². The Bertz CT molecular complexity index is 1090. The molecule has 27 heavy (non-hydrogen) atoms. The summed E-state index contributed by atoms with van der Waals surface area (Å²) in [5.74, 6) is 1.25. The van der Waals surface area contributed by atoms with Crippen molar-refractivity contribution in [2.75, 3.05) is 12.4 Å². The summed E-state index contributed by atoms with van der Waals surface area (Å²) in [5, 5.41) is 2.96. The minimum atomic E-state index is 0. The van der Waals surface area contributed by atoms with Gasteiger partial charge >= 0.3 is 0 Å². The van der Waals surface area contributed by atoms with Crippen molar-refractivity contribution in [3.05, 3.63) is 66.2 Å². The number of nitrogens with zero attached hydrogens (tertiary/aromatic N) is 1. The highest BCUT2D eigenvalue weighted by Crippen LogP contribution is 2.24. The smallest absolute Gasteiger partial charge is 0.173 e. The number of rotatable bonds is 6. The third-order valence-corrected chi connectivity index (χ3v) is 5.03. The molecule has 0 aliphatic rings. The third-order valence-electron chi connectivity index (χ3n) is 4.15. The van der Waals surface area contributed by atoms with Crippen LogP contribution >= 0.6 is 24.2 Å². The van der Waals surface area contributed by atoms with Gasteiger partial charge in [0.15, 0.2) is 10.9 Å². The number of ether oxygens (including phenoxy) is 1. The van der Waals surface area contributed by atoms with E-state index < -0.39 is 0 Å². The molecule has 6 heteroatoms. The number of H-pyrrole nitrogens is 1. The monoisotopic (exact) mass is 398 g/mol. The van der Waals surface area contributed by atoms with Gasteiger partial charge in [-0.15, -0.1) is 12.4 Å². The highest BCUT2D eigenvalue weighted by molar-refractivity contribution is 7.99. The summed E-state index contributed by atoms with van der Waals surface area (Å²) in [4.78, 5) is 20.3. The van der Waals surface area contributed by atoms with Gasteiger partial charge in [-0.2, -0.15) is 0 Å².